The number of hydrogen-bond donors (Lipinski definition) is 4. The number of nitrogens with two attached hydrogens (primary N) is 2. The van der Waals surface area contributed by atoms with E-state index in [1.807, 2.05) is 42.5 Å². The van der Waals surface area contributed by atoms with Gasteiger partial charge in [0, 0.05) is 12.1 Å². The standard InChI is InChI=1S/C24H29N5O4/c1-15(25)23(32)28-18-12-11-17-9-5-6-10-20(17)29(24(18)33)14-21(30)27-19(22(26)31)13-16-7-3-2-4-8-16/h2-10,15,18-19H,11-14,25H2,1H3,(H2,26,31)(H,27,30)(H,28,32)/t15?,18-,19-/m0/s1. The number of nitrogens with one attached hydrogen (secondary N) is 2. The third-order valence-corrected chi connectivity index (χ3v) is 5.54. The minimum Gasteiger partial charge on any atom is -0.368 e. The van der Waals surface area contributed by atoms with Crippen molar-refractivity contribution in [3.63, 3.8) is 0 Å². The highest BCUT2D eigenvalue weighted by atomic mass is 16.2. The van der Waals surface area contributed by atoms with Crippen LogP contribution in [-0.4, -0.2) is 48.3 Å². The van der Waals surface area contributed by atoms with Gasteiger partial charge in [-0.3, -0.25) is 19.2 Å². The average Bonchev–Trinajstić information content (AvgIpc) is 2.91. The molecule has 0 fully saturated rings. The highest BCUT2D eigenvalue weighted by Crippen LogP contribution is 2.27. The van der Waals surface area contributed by atoms with Crippen LogP contribution in [0.4, 0.5) is 5.69 Å². The number of primary amides is 1. The number of anilines is 1. The van der Waals surface area contributed by atoms with Gasteiger partial charge in [-0.15, -0.1) is 0 Å². The zero-order valence-corrected chi connectivity index (χ0v) is 18.5. The number of benzene rings is 2. The molecule has 9 nitrogen and oxygen atoms in total. The Morgan fingerprint density at radius 3 is 2.42 bits per heavy atom. The Kier molecular flexibility index (Phi) is 7.78. The minimum atomic E-state index is -0.925. The monoisotopic (exact) mass is 451 g/mol. The van der Waals surface area contributed by atoms with Gasteiger partial charge in [0.05, 0.1) is 6.04 Å². The van der Waals surface area contributed by atoms with E-state index in [9.17, 15) is 19.2 Å². The van der Waals surface area contributed by atoms with Crippen molar-refractivity contribution in [2.24, 2.45) is 11.5 Å². The van der Waals surface area contributed by atoms with Crippen LogP contribution in [-0.2, 0) is 32.0 Å². The summed E-state index contributed by atoms with van der Waals surface area (Å²) in [6.45, 7) is 1.21. The van der Waals surface area contributed by atoms with Crippen LogP contribution in [0.25, 0.3) is 0 Å². The van der Waals surface area contributed by atoms with Gasteiger partial charge < -0.3 is 27.0 Å². The van der Waals surface area contributed by atoms with Crippen molar-refractivity contribution < 1.29 is 19.2 Å². The topological polar surface area (TPSA) is 148 Å². The van der Waals surface area contributed by atoms with E-state index in [0.29, 0.717) is 18.5 Å². The fraction of sp³-hybridized carbons (Fsp3) is 0.333. The largest absolute Gasteiger partial charge is 0.368 e. The molecule has 0 bridgehead atoms. The first-order chi connectivity index (χ1) is 15.8. The van der Waals surface area contributed by atoms with E-state index >= 15 is 0 Å². The van der Waals surface area contributed by atoms with E-state index in [2.05, 4.69) is 10.6 Å². The second-order valence-corrected chi connectivity index (χ2v) is 8.15. The molecule has 0 saturated heterocycles. The van der Waals surface area contributed by atoms with Crippen LogP contribution in [0.3, 0.4) is 0 Å². The zero-order valence-electron chi connectivity index (χ0n) is 18.5. The summed E-state index contributed by atoms with van der Waals surface area (Å²) in [7, 11) is 0. The molecule has 33 heavy (non-hydrogen) atoms. The van der Waals surface area contributed by atoms with Gasteiger partial charge in [-0.2, -0.15) is 0 Å². The van der Waals surface area contributed by atoms with Gasteiger partial charge in [0.25, 0.3) is 0 Å². The summed E-state index contributed by atoms with van der Waals surface area (Å²) in [6.07, 6.45) is 1.16. The van der Waals surface area contributed by atoms with Gasteiger partial charge in [0.15, 0.2) is 0 Å². The predicted molar refractivity (Wildman–Crippen MR) is 124 cm³/mol. The van der Waals surface area contributed by atoms with Gasteiger partial charge in [-0.25, -0.2) is 0 Å². The normalized spacial score (nSPS) is 17.3. The number of carbonyl (C=O) groups excluding carboxylic acids is 4. The summed E-state index contributed by atoms with van der Waals surface area (Å²) in [5, 5.41) is 5.32. The van der Waals surface area contributed by atoms with E-state index in [4.69, 9.17) is 11.5 Å². The van der Waals surface area contributed by atoms with Crippen molar-refractivity contribution in [2.75, 3.05) is 11.4 Å². The first kappa shape index (κ1) is 23.9. The van der Waals surface area contributed by atoms with Crippen molar-refractivity contribution in [1.82, 2.24) is 10.6 Å². The van der Waals surface area contributed by atoms with Gasteiger partial charge in [0.1, 0.15) is 18.6 Å². The van der Waals surface area contributed by atoms with Gasteiger partial charge >= 0.3 is 0 Å². The number of nitrogens with zero attached hydrogens (tertiary/aromatic N) is 1. The van der Waals surface area contributed by atoms with Crippen molar-refractivity contribution in [2.45, 2.75) is 44.3 Å². The molecule has 0 aromatic heterocycles. The van der Waals surface area contributed by atoms with Crippen LogP contribution in [0.15, 0.2) is 54.6 Å². The highest BCUT2D eigenvalue weighted by Gasteiger charge is 2.33. The third-order valence-electron chi connectivity index (χ3n) is 5.54. The fourth-order valence-electron chi connectivity index (χ4n) is 3.77. The minimum absolute atomic E-state index is 0.236. The molecule has 2 aromatic rings. The molecule has 6 N–H and O–H groups in total. The molecule has 0 aliphatic carbocycles. The molecule has 0 saturated carbocycles. The Hall–Kier alpha value is -3.72. The molecule has 1 heterocycles. The number of fused-ring (bicyclic) bond motifs is 1. The number of aryl methyl sites for hydroxylation is 1. The number of para-hydroxylation sites is 1. The SMILES string of the molecule is CC(N)C(=O)N[C@H]1CCc2ccccc2N(CC(=O)N[C@@H](Cc2ccccc2)C(N)=O)C1=O. The summed E-state index contributed by atoms with van der Waals surface area (Å²) in [5.74, 6) is -2.06. The van der Waals surface area contributed by atoms with Gasteiger partial charge in [-0.05, 0) is 37.0 Å². The maximum atomic E-state index is 13.3. The predicted octanol–water partition coefficient (Wildman–Crippen LogP) is 0.0106. The molecule has 1 aliphatic rings. The van der Waals surface area contributed by atoms with E-state index < -0.39 is 41.8 Å². The van der Waals surface area contributed by atoms with E-state index in [1.54, 1.807) is 12.1 Å². The fourth-order valence-corrected chi connectivity index (χ4v) is 3.77. The molecule has 3 rings (SSSR count). The molecule has 0 spiro atoms. The van der Waals surface area contributed by atoms with Crippen LogP contribution in [0.2, 0.25) is 0 Å². The Morgan fingerprint density at radius 2 is 1.76 bits per heavy atom. The Labute approximate surface area is 192 Å². The lowest BCUT2D eigenvalue weighted by Crippen LogP contribution is -2.54. The van der Waals surface area contributed by atoms with E-state index in [0.717, 1.165) is 11.1 Å². The first-order valence-electron chi connectivity index (χ1n) is 10.8. The van der Waals surface area contributed by atoms with E-state index in [-0.39, 0.29) is 13.0 Å². The van der Waals surface area contributed by atoms with Crippen molar-refractivity contribution in [3.8, 4) is 0 Å². The number of hydrogen-bond acceptors (Lipinski definition) is 5. The Balaban J connectivity index is 1.79. The van der Waals surface area contributed by atoms with Crippen LogP contribution >= 0.6 is 0 Å². The Bertz CT molecular complexity index is 1020. The van der Waals surface area contributed by atoms with Crippen LogP contribution in [0, 0.1) is 0 Å². The molecule has 3 atom stereocenters. The maximum Gasteiger partial charge on any atom is 0.250 e. The van der Waals surface area contributed by atoms with E-state index in [1.165, 1.54) is 11.8 Å². The van der Waals surface area contributed by atoms with Gasteiger partial charge in [0.2, 0.25) is 23.6 Å². The summed E-state index contributed by atoms with van der Waals surface area (Å²) in [5.41, 5.74) is 13.5. The molecule has 0 radical (unpaired) electrons. The maximum absolute atomic E-state index is 13.3. The summed E-state index contributed by atoms with van der Waals surface area (Å²) < 4.78 is 0. The smallest absolute Gasteiger partial charge is 0.250 e. The van der Waals surface area contributed by atoms with Crippen LogP contribution in [0.5, 0.6) is 0 Å². The molecule has 9 heteroatoms. The molecule has 2 aromatic carbocycles. The third kappa shape index (κ3) is 6.17. The van der Waals surface area contributed by atoms with Crippen molar-refractivity contribution in [1.29, 1.82) is 0 Å². The molecule has 1 unspecified atom stereocenters. The summed E-state index contributed by atoms with van der Waals surface area (Å²) in [6, 6.07) is 13.9. The van der Waals surface area contributed by atoms with Gasteiger partial charge in [-0.1, -0.05) is 48.5 Å². The molecule has 174 valence electrons. The lowest BCUT2D eigenvalue weighted by atomic mass is 10.1. The zero-order chi connectivity index (χ0) is 24.0. The second-order valence-electron chi connectivity index (χ2n) is 8.15. The molecule has 1 aliphatic heterocycles. The molecular formula is C24H29N5O4. The lowest BCUT2D eigenvalue weighted by molar-refractivity contribution is -0.129. The second kappa shape index (κ2) is 10.7. The number of rotatable bonds is 8. The lowest BCUT2D eigenvalue weighted by Gasteiger charge is -2.27. The number of amides is 4. The average molecular weight is 452 g/mol. The summed E-state index contributed by atoms with van der Waals surface area (Å²) in [4.78, 5) is 51.6. The van der Waals surface area contributed by atoms with Crippen molar-refractivity contribution in [3.05, 3.63) is 65.7 Å². The molecular weight excluding hydrogens is 422 g/mol. The first-order valence-corrected chi connectivity index (χ1v) is 10.8. The number of carbonyl (C=O) groups is 4. The van der Waals surface area contributed by atoms with Crippen molar-refractivity contribution >= 4 is 29.3 Å². The Morgan fingerprint density at radius 1 is 1.09 bits per heavy atom. The highest BCUT2D eigenvalue weighted by molar-refractivity contribution is 6.04. The van der Waals surface area contributed by atoms with Crippen LogP contribution in [0.1, 0.15) is 24.5 Å². The summed E-state index contributed by atoms with van der Waals surface area (Å²) >= 11 is 0. The van der Waals surface area contributed by atoms with Crippen LogP contribution < -0.4 is 27.0 Å². The quantitative estimate of drug-likeness (QED) is 0.446. The molecule has 4 amide bonds.